The van der Waals surface area contributed by atoms with Crippen LogP contribution in [0.1, 0.15) is 32.9 Å². The Balaban J connectivity index is 1.23. The average molecular weight is 490 g/mol. The van der Waals surface area contributed by atoms with Crippen LogP contribution in [0.4, 0.5) is 0 Å². The van der Waals surface area contributed by atoms with Crippen molar-refractivity contribution in [2.45, 2.75) is 26.8 Å². The number of carbonyl (C=O) groups excluding carboxylic acids is 2. The van der Waals surface area contributed by atoms with Gasteiger partial charge in [0.15, 0.2) is 0 Å². The van der Waals surface area contributed by atoms with Gasteiger partial charge in [-0.1, -0.05) is 48.0 Å². The van der Waals surface area contributed by atoms with E-state index in [0.717, 1.165) is 27.7 Å². The molecular weight excluding hydrogens is 462 g/mol. The molecule has 1 fully saturated rings. The number of amides is 2. The molecule has 0 atom stereocenters. The quantitative estimate of drug-likeness (QED) is 0.456. The lowest BCUT2D eigenvalue weighted by atomic mass is 10.1. The Hall–Kier alpha value is -3.58. The highest BCUT2D eigenvalue weighted by atomic mass is 35.5. The molecule has 0 radical (unpaired) electrons. The standard InChI is InChI=1S/C27H28ClN5O2/c1-18-26(19(2)33(30-18)17-20-7-3-5-9-23(20)28)27(35)32-13-11-31(12-14-32)25(34)15-21-16-29-24-10-6-4-8-22(21)24/h3-10,16,29H,11-15,17H2,1-2H3. The molecule has 0 saturated carbocycles. The molecule has 2 amide bonds. The molecule has 3 heterocycles. The summed E-state index contributed by atoms with van der Waals surface area (Å²) >= 11 is 6.32. The van der Waals surface area contributed by atoms with Gasteiger partial charge >= 0.3 is 0 Å². The summed E-state index contributed by atoms with van der Waals surface area (Å²) in [5.74, 6) is 0.0518. The molecule has 180 valence electrons. The van der Waals surface area contributed by atoms with Gasteiger partial charge in [-0.2, -0.15) is 5.10 Å². The van der Waals surface area contributed by atoms with E-state index < -0.39 is 0 Å². The smallest absolute Gasteiger partial charge is 0.257 e. The molecule has 35 heavy (non-hydrogen) atoms. The second-order valence-electron chi connectivity index (χ2n) is 9.00. The van der Waals surface area contributed by atoms with Gasteiger partial charge in [0.05, 0.1) is 24.2 Å². The number of aryl methyl sites for hydroxylation is 1. The number of carbonyl (C=O) groups is 2. The van der Waals surface area contributed by atoms with Crippen LogP contribution in [0.5, 0.6) is 0 Å². The van der Waals surface area contributed by atoms with Crippen LogP contribution in [-0.4, -0.2) is 62.6 Å². The lowest BCUT2D eigenvalue weighted by Gasteiger charge is -2.35. The summed E-state index contributed by atoms with van der Waals surface area (Å²) in [7, 11) is 0. The molecule has 0 aliphatic carbocycles. The Kier molecular flexibility index (Phi) is 6.34. The summed E-state index contributed by atoms with van der Waals surface area (Å²) in [6, 6.07) is 15.7. The maximum absolute atomic E-state index is 13.4. The third kappa shape index (κ3) is 4.56. The zero-order valence-corrected chi connectivity index (χ0v) is 20.7. The number of aromatic amines is 1. The van der Waals surface area contributed by atoms with Crippen LogP contribution in [0.3, 0.4) is 0 Å². The first-order chi connectivity index (χ1) is 16.9. The van der Waals surface area contributed by atoms with E-state index in [-0.39, 0.29) is 11.8 Å². The predicted molar refractivity (Wildman–Crippen MR) is 137 cm³/mol. The van der Waals surface area contributed by atoms with Gasteiger partial charge in [0, 0.05) is 54.0 Å². The first-order valence-corrected chi connectivity index (χ1v) is 12.2. The highest BCUT2D eigenvalue weighted by Crippen LogP contribution is 2.22. The molecule has 5 rings (SSSR count). The number of hydrogen-bond donors (Lipinski definition) is 1. The van der Waals surface area contributed by atoms with Crippen LogP contribution in [0, 0.1) is 13.8 Å². The van der Waals surface area contributed by atoms with Gasteiger partial charge in [0.25, 0.3) is 5.91 Å². The second-order valence-corrected chi connectivity index (χ2v) is 9.41. The highest BCUT2D eigenvalue weighted by molar-refractivity contribution is 6.31. The number of para-hydroxylation sites is 1. The van der Waals surface area contributed by atoms with Crippen molar-refractivity contribution < 1.29 is 9.59 Å². The van der Waals surface area contributed by atoms with E-state index in [2.05, 4.69) is 10.1 Å². The fourth-order valence-corrected chi connectivity index (χ4v) is 5.01. The fraction of sp³-hybridized carbons (Fsp3) is 0.296. The minimum Gasteiger partial charge on any atom is -0.361 e. The Morgan fingerprint density at radius 1 is 0.943 bits per heavy atom. The summed E-state index contributed by atoms with van der Waals surface area (Å²) in [4.78, 5) is 33.3. The molecule has 0 unspecified atom stereocenters. The molecule has 1 aliphatic rings. The van der Waals surface area contributed by atoms with Gasteiger partial charge in [0.1, 0.15) is 0 Å². The van der Waals surface area contributed by atoms with Crippen LogP contribution in [0.15, 0.2) is 54.7 Å². The number of nitrogens with zero attached hydrogens (tertiary/aromatic N) is 4. The maximum Gasteiger partial charge on any atom is 0.257 e. The molecule has 1 saturated heterocycles. The van der Waals surface area contributed by atoms with Crippen molar-refractivity contribution >= 4 is 34.3 Å². The van der Waals surface area contributed by atoms with Gasteiger partial charge in [-0.05, 0) is 37.1 Å². The third-order valence-electron chi connectivity index (χ3n) is 6.81. The van der Waals surface area contributed by atoms with E-state index in [1.54, 1.807) is 0 Å². The molecule has 0 bridgehead atoms. The topological polar surface area (TPSA) is 74.2 Å². The number of H-pyrrole nitrogens is 1. The summed E-state index contributed by atoms with van der Waals surface area (Å²) in [6.07, 6.45) is 2.26. The second kappa shape index (κ2) is 9.58. The van der Waals surface area contributed by atoms with E-state index in [4.69, 9.17) is 11.6 Å². The normalized spacial score (nSPS) is 14.0. The number of aromatic nitrogens is 3. The summed E-state index contributed by atoms with van der Waals surface area (Å²) in [6.45, 7) is 6.36. The zero-order chi connectivity index (χ0) is 24.5. The van der Waals surface area contributed by atoms with Gasteiger partial charge in [-0.3, -0.25) is 14.3 Å². The molecule has 1 N–H and O–H groups in total. The van der Waals surface area contributed by atoms with Crippen LogP contribution in [0.2, 0.25) is 5.02 Å². The third-order valence-corrected chi connectivity index (χ3v) is 7.18. The fourth-order valence-electron chi connectivity index (χ4n) is 4.82. The molecule has 7 nitrogen and oxygen atoms in total. The largest absolute Gasteiger partial charge is 0.361 e. The zero-order valence-electron chi connectivity index (χ0n) is 19.9. The summed E-state index contributed by atoms with van der Waals surface area (Å²) in [5, 5.41) is 6.38. The number of halogens is 1. The lowest BCUT2D eigenvalue weighted by Crippen LogP contribution is -2.51. The lowest BCUT2D eigenvalue weighted by molar-refractivity contribution is -0.131. The number of hydrogen-bond acceptors (Lipinski definition) is 3. The number of rotatable bonds is 5. The van der Waals surface area contributed by atoms with E-state index in [0.29, 0.717) is 55.4 Å². The van der Waals surface area contributed by atoms with Crippen molar-refractivity contribution in [3.63, 3.8) is 0 Å². The highest BCUT2D eigenvalue weighted by Gasteiger charge is 2.28. The molecule has 8 heteroatoms. The number of nitrogens with one attached hydrogen (secondary N) is 1. The first kappa shape index (κ1) is 23.2. The van der Waals surface area contributed by atoms with Gasteiger partial charge in [-0.15, -0.1) is 0 Å². The van der Waals surface area contributed by atoms with Crippen molar-refractivity contribution in [3.05, 3.63) is 87.8 Å². The maximum atomic E-state index is 13.4. The van der Waals surface area contributed by atoms with Gasteiger partial charge < -0.3 is 14.8 Å². The van der Waals surface area contributed by atoms with Crippen molar-refractivity contribution in [2.24, 2.45) is 0 Å². The van der Waals surface area contributed by atoms with Crippen LogP contribution >= 0.6 is 11.6 Å². The number of benzene rings is 2. The SMILES string of the molecule is Cc1nn(Cc2ccccc2Cl)c(C)c1C(=O)N1CCN(C(=O)Cc2c[nH]c3ccccc23)CC1. The Bertz CT molecular complexity index is 1400. The van der Waals surface area contributed by atoms with Crippen molar-refractivity contribution in [3.8, 4) is 0 Å². The molecular formula is C27H28ClN5O2. The van der Waals surface area contributed by atoms with Crippen molar-refractivity contribution in [1.29, 1.82) is 0 Å². The molecule has 4 aromatic rings. The van der Waals surface area contributed by atoms with E-state index >= 15 is 0 Å². The predicted octanol–water partition coefficient (Wildman–Crippen LogP) is 4.21. The van der Waals surface area contributed by atoms with E-state index in [1.165, 1.54) is 0 Å². The number of fused-ring (bicyclic) bond motifs is 1. The minimum atomic E-state index is -0.0332. The Labute approximate surface area is 209 Å². The van der Waals surface area contributed by atoms with Gasteiger partial charge in [0.2, 0.25) is 5.91 Å². The molecule has 0 spiro atoms. The molecule has 2 aromatic heterocycles. The molecule has 2 aromatic carbocycles. The minimum absolute atomic E-state index is 0.0332. The average Bonchev–Trinajstić information content (AvgIpc) is 3.40. The van der Waals surface area contributed by atoms with E-state index in [9.17, 15) is 9.59 Å². The van der Waals surface area contributed by atoms with Crippen LogP contribution in [0.25, 0.3) is 10.9 Å². The summed E-state index contributed by atoms with van der Waals surface area (Å²) < 4.78 is 1.84. The Morgan fingerprint density at radius 3 is 2.40 bits per heavy atom. The first-order valence-electron chi connectivity index (χ1n) is 11.8. The molecule has 1 aliphatic heterocycles. The van der Waals surface area contributed by atoms with Crippen LogP contribution < -0.4 is 0 Å². The monoisotopic (exact) mass is 489 g/mol. The van der Waals surface area contributed by atoms with Gasteiger partial charge in [-0.25, -0.2) is 0 Å². The Morgan fingerprint density at radius 2 is 1.63 bits per heavy atom. The van der Waals surface area contributed by atoms with Crippen LogP contribution in [-0.2, 0) is 17.8 Å². The van der Waals surface area contributed by atoms with E-state index in [1.807, 2.05) is 83.1 Å². The van der Waals surface area contributed by atoms with Crippen molar-refractivity contribution in [1.82, 2.24) is 24.6 Å². The summed E-state index contributed by atoms with van der Waals surface area (Å²) in [5.41, 5.74) is 5.16. The number of piperazine rings is 1. The van der Waals surface area contributed by atoms with Crippen molar-refractivity contribution in [2.75, 3.05) is 26.2 Å².